The molecule has 202 valence electrons. The number of fused-ring (bicyclic) bond motifs is 1. The monoisotopic (exact) mass is 551 g/mol. The molecule has 9 nitrogen and oxygen atoms in total. The van der Waals surface area contributed by atoms with E-state index < -0.39 is 18.3 Å². The van der Waals surface area contributed by atoms with Crippen molar-refractivity contribution in [1.29, 1.82) is 0 Å². The maximum absolute atomic E-state index is 14.5. The highest BCUT2D eigenvalue weighted by Gasteiger charge is 2.15. The van der Waals surface area contributed by atoms with Gasteiger partial charge in [0.2, 0.25) is 5.91 Å². The second kappa shape index (κ2) is 13.4. The summed E-state index contributed by atoms with van der Waals surface area (Å²) < 4.78 is 54.3. The fourth-order valence-corrected chi connectivity index (χ4v) is 3.86. The van der Waals surface area contributed by atoms with Crippen molar-refractivity contribution in [2.75, 3.05) is 56.7 Å². The molecule has 1 saturated heterocycles. The minimum Gasteiger partial charge on any atom is -0.489 e. The fourth-order valence-electron chi connectivity index (χ4n) is 3.68. The van der Waals surface area contributed by atoms with Crippen molar-refractivity contribution in [3.63, 3.8) is 0 Å². The lowest BCUT2D eigenvalue weighted by molar-refractivity contribution is -0.133. The maximum atomic E-state index is 14.5. The van der Waals surface area contributed by atoms with Gasteiger partial charge in [0.25, 0.3) is 0 Å². The zero-order valence-electron chi connectivity index (χ0n) is 20.1. The highest BCUT2D eigenvalue weighted by molar-refractivity contribution is 6.31. The summed E-state index contributed by atoms with van der Waals surface area (Å²) in [5.41, 5.74) is 0.731. The van der Waals surface area contributed by atoms with Gasteiger partial charge in [-0.1, -0.05) is 23.7 Å². The molecule has 0 radical (unpaired) electrons. The summed E-state index contributed by atoms with van der Waals surface area (Å²) in [4.78, 5) is 23.3. The molecule has 4 rings (SSSR count). The minimum absolute atomic E-state index is 0.0631. The van der Waals surface area contributed by atoms with Crippen LogP contribution in [-0.4, -0.2) is 73.4 Å². The van der Waals surface area contributed by atoms with E-state index in [0.29, 0.717) is 30.7 Å². The second-order valence-electron chi connectivity index (χ2n) is 8.10. The van der Waals surface area contributed by atoms with Crippen LogP contribution in [-0.2, 0) is 14.3 Å². The summed E-state index contributed by atoms with van der Waals surface area (Å²) >= 11 is 5.89. The molecule has 2 heterocycles. The Bertz CT molecular complexity index is 1290. The largest absolute Gasteiger partial charge is 0.489 e. The number of benzene rings is 2. The second-order valence-corrected chi connectivity index (χ2v) is 8.51. The van der Waals surface area contributed by atoms with Crippen LogP contribution in [0.3, 0.4) is 0 Å². The van der Waals surface area contributed by atoms with Gasteiger partial charge in [-0.05, 0) is 18.2 Å². The third kappa shape index (κ3) is 7.54. The highest BCUT2D eigenvalue weighted by atomic mass is 35.5. The zero-order chi connectivity index (χ0) is 26.9. The molecule has 1 fully saturated rings. The Hall–Kier alpha value is -3.45. The lowest BCUT2D eigenvalue weighted by Gasteiger charge is -2.25. The molecule has 2 N–H and O–H groups in total. The van der Waals surface area contributed by atoms with Gasteiger partial charge < -0.3 is 24.8 Å². The molecule has 38 heavy (non-hydrogen) atoms. The number of anilines is 3. The Balaban J connectivity index is 1.58. The lowest BCUT2D eigenvalue weighted by atomic mass is 10.1. The molecule has 1 aliphatic rings. The quantitative estimate of drug-likeness (QED) is 0.263. The van der Waals surface area contributed by atoms with Crippen LogP contribution in [0, 0.1) is 5.82 Å². The molecule has 0 atom stereocenters. The van der Waals surface area contributed by atoms with Gasteiger partial charge >= 0.3 is 6.61 Å². The average Bonchev–Trinajstić information content (AvgIpc) is 2.90. The number of aromatic nitrogens is 2. The van der Waals surface area contributed by atoms with Crippen molar-refractivity contribution in [3.8, 4) is 5.75 Å². The van der Waals surface area contributed by atoms with Crippen molar-refractivity contribution in [1.82, 2.24) is 14.9 Å². The number of halogens is 4. The molecular weight excluding hydrogens is 527 g/mol. The normalized spacial score (nSPS) is 14.3. The first-order valence-electron chi connectivity index (χ1n) is 11.7. The summed E-state index contributed by atoms with van der Waals surface area (Å²) in [6.45, 7) is -0.0796. The van der Waals surface area contributed by atoms with Gasteiger partial charge in [0.1, 0.15) is 24.5 Å². The molecule has 0 aliphatic carbocycles. The SMILES string of the molecule is O=C(/C=C/CN1CCOCC1)Nc1cc2c(Nc3cccc(Cl)c3F)ncnc2cc1OCCOC(F)F. The van der Waals surface area contributed by atoms with Crippen LogP contribution in [0.15, 0.2) is 48.8 Å². The number of carbonyl (C=O) groups excluding carboxylic acids is 1. The molecule has 0 spiro atoms. The molecular formula is C25H25ClF3N5O4. The van der Waals surface area contributed by atoms with E-state index in [0.717, 1.165) is 13.1 Å². The number of rotatable bonds is 11. The van der Waals surface area contributed by atoms with Gasteiger partial charge in [0.05, 0.1) is 41.7 Å². The molecule has 1 aromatic heterocycles. The molecule has 0 bridgehead atoms. The summed E-state index contributed by atoms with van der Waals surface area (Å²) in [6, 6.07) is 7.57. The van der Waals surface area contributed by atoms with Crippen molar-refractivity contribution in [2.45, 2.75) is 6.61 Å². The first-order chi connectivity index (χ1) is 18.4. The Morgan fingerprint density at radius 2 is 2.00 bits per heavy atom. The Morgan fingerprint density at radius 1 is 1.18 bits per heavy atom. The Labute approximate surface area is 221 Å². The number of morpholine rings is 1. The molecule has 3 aromatic rings. The van der Waals surface area contributed by atoms with Gasteiger partial charge in [-0.15, -0.1) is 0 Å². The number of hydrogen-bond donors (Lipinski definition) is 2. The van der Waals surface area contributed by atoms with E-state index in [9.17, 15) is 18.0 Å². The number of nitrogens with zero attached hydrogens (tertiary/aromatic N) is 3. The average molecular weight is 552 g/mol. The molecule has 2 aromatic carbocycles. The van der Waals surface area contributed by atoms with Crippen LogP contribution >= 0.6 is 11.6 Å². The van der Waals surface area contributed by atoms with Crippen LogP contribution in [0.4, 0.5) is 30.4 Å². The minimum atomic E-state index is -2.93. The van der Waals surface area contributed by atoms with Crippen LogP contribution < -0.4 is 15.4 Å². The van der Waals surface area contributed by atoms with Gasteiger partial charge in [0.15, 0.2) is 5.82 Å². The van der Waals surface area contributed by atoms with Crippen molar-refractivity contribution in [3.05, 3.63) is 59.7 Å². The van der Waals surface area contributed by atoms with E-state index in [4.69, 9.17) is 21.1 Å². The van der Waals surface area contributed by atoms with Crippen molar-refractivity contribution in [2.24, 2.45) is 0 Å². The van der Waals surface area contributed by atoms with Crippen LogP contribution in [0.5, 0.6) is 5.75 Å². The topological polar surface area (TPSA) is 97.8 Å². The highest BCUT2D eigenvalue weighted by Crippen LogP contribution is 2.34. The third-order valence-corrected chi connectivity index (χ3v) is 5.81. The zero-order valence-corrected chi connectivity index (χ0v) is 20.9. The number of amides is 1. The van der Waals surface area contributed by atoms with E-state index in [1.807, 2.05) is 0 Å². The Kier molecular flexibility index (Phi) is 9.71. The molecule has 0 unspecified atom stereocenters. The smallest absolute Gasteiger partial charge is 0.345 e. The summed E-state index contributed by atoms with van der Waals surface area (Å²) in [5, 5.41) is 6.01. The molecule has 1 aliphatic heterocycles. The van der Waals surface area contributed by atoms with E-state index >= 15 is 0 Å². The fraction of sp³-hybridized carbons (Fsp3) is 0.320. The van der Waals surface area contributed by atoms with E-state index in [1.165, 1.54) is 30.6 Å². The summed E-state index contributed by atoms with van der Waals surface area (Å²) in [5.74, 6) is -0.650. The number of hydrogen-bond acceptors (Lipinski definition) is 8. The van der Waals surface area contributed by atoms with E-state index in [-0.39, 0.29) is 41.2 Å². The third-order valence-electron chi connectivity index (χ3n) is 5.52. The van der Waals surface area contributed by atoms with Gasteiger partial charge in [-0.25, -0.2) is 14.4 Å². The molecule has 1 amide bonds. The Morgan fingerprint density at radius 3 is 2.79 bits per heavy atom. The first kappa shape index (κ1) is 27.6. The van der Waals surface area contributed by atoms with Crippen molar-refractivity contribution >= 4 is 45.6 Å². The van der Waals surface area contributed by atoms with Crippen LogP contribution in [0.2, 0.25) is 5.02 Å². The number of nitrogens with one attached hydrogen (secondary N) is 2. The molecule has 0 saturated carbocycles. The van der Waals surface area contributed by atoms with Gasteiger partial charge in [0, 0.05) is 37.2 Å². The van der Waals surface area contributed by atoms with Crippen molar-refractivity contribution < 1.29 is 32.2 Å². The predicted octanol–water partition coefficient (Wildman–Crippen LogP) is 4.61. The van der Waals surface area contributed by atoms with Gasteiger partial charge in [-0.2, -0.15) is 8.78 Å². The number of ether oxygens (including phenoxy) is 3. The predicted molar refractivity (Wildman–Crippen MR) is 137 cm³/mol. The van der Waals surface area contributed by atoms with Crippen LogP contribution in [0.1, 0.15) is 0 Å². The van der Waals surface area contributed by atoms with Crippen LogP contribution in [0.25, 0.3) is 10.9 Å². The maximum Gasteiger partial charge on any atom is 0.345 e. The number of carbonyl (C=O) groups is 1. The van der Waals surface area contributed by atoms with E-state index in [1.54, 1.807) is 18.2 Å². The number of alkyl halides is 2. The standard InChI is InChI=1S/C25H25ClF3N5O4/c26-17-3-1-4-18(23(17)27)33-24-16-13-20(32-22(35)5-2-6-34-7-9-36-10-8-34)21(14-19(16)30-15-31-24)37-11-12-38-25(28)29/h1-5,13-15,25H,6-12H2,(H,32,35)(H,30,31,33)/b5-2+. The summed E-state index contributed by atoms with van der Waals surface area (Å²) in [7, 11) is 0. The lowest BCUT2D eigenvalue weighted by Crippen LogP contribution is -2.36. The van der Waals surface area contributed by atoms with Gasteiger partial charge in [-0.3, -0.25) is 9.69 Å². The molecule has 13 heteroatoms. The first-order valence-corrected chi connectivity index (χ1v) is 12.1. The summed E-state index contributed by atoms with van der Waals surface area (Å²) in [6.07, 6.45) is 4.39. The van der Waals surface area contributed by atoms with E-state index in [2.05, 4.69) is 30.2 Å².